The van der Waals surface area contributed by atoms with E-state index >= 15 is 0 Å². The molecule has 1 amide bonds. The average Bonchev–Trinajstić information content (AvgIpc) is 3.19. The lowest BCUT2D eigenvalue weighted by atomic mass is 10.2. The van der Waals surface area contributed by atoms with E-state index in [2.05, 4.69) is 20.6 Å². The highest BCUT2D eigenvalue weighted by molar-refractivity contribution is 5.91. The molecule has 0 saturated heterocycles. The topological polar surface area (TPSA) is 81.9 Å². The second-order valence-corrected chi connectivity index (χ2v) is 5.89. The Labute approximate surface area is 135 Å². The van der Waals surface area contributed by atoms with Gasteiger partial charge in [0.05, 0.1) is 17.9 Å². The minimum atomic E-state index is -0.232. The number of aryl methyl sites for hydroxylation is 2. The number of carbonyl (C=O) groups excluding carboxylic acids is 1. The fourth-order valence-corrected chi connectivity index (χ4v) is 2.76. The van der Waals surface area contributed by atoms with Gasteiger partial charge in [0.15, 0.2) is 6.61 Å². The van der Waals surface area contributed by atoms with Crippen LogP contribution in [0.4, 0.5) is 5.82 Å². The maximum absolute atomic E-state index is 12.1. The summed E-state index contributed by atoms with van der Waals surface area (Å²) in [5.41, 5.74) is 1.83. The molecule has 1 fully saturated rings. The quantitative estimate of drug-likeness (QED) is 0.916. The van der Waals surface area contributed by atoms with Crippen molar-refractivity contribution in [1.29, 1.82) is 0 Å². The molecule has 23 heavy (non-hydrogen) atoms. The van der Waals surface area contributed by atoms with E-state index in [-0.39, 0.29) is 12.5 Å². The van der Waals surface area contributed by atoms with Gasteiger partial charge in [0.2, 0.25) is 5.88 Å². The van der Waals surface area contributed by atoms with Crippen LogP contribution < -0.4 is 10.1 Å². The fraction of sp³-hybridized carbons (Fsp3) is 0.500. The van der Waals surface area contributed by atoms with Crippen LogP contribution >= 0.6 is 0 Å². The lowest BCUT2D eigenvalue weighted by Crippen LogP contribution is -2.23. The molecule has 0 bridgehead atoms. The third kappa shape index (κ3) is 3.67. The van der Waals surface area contributed by atoms with E-state index < -0.39 is 0 Å². The predicted octanol–water partition coefficient (Wildman–Crippen LogP) is 2.42. The summed E-state index contributed by atoms with van der Waals surface area (Å²) in [4.78, 5) is 12.1. The van der Waals surface area contributed by atoms with E-state index in [9.17, 15) is 4.79 Å². The second-order valence-electron chi connectivity index (χ2n) is 5.89. The smallest absolute Gasteiger partial charge is 0.263 e. The Morgan fingerprint density at radius 3 is 2.87 bits per heavy atom. The van der Waals surface area contributed by atoms with Gasteiger partial charge in [-0.05, 0) is 32.3 Å². The van der Waals surface area contributed by atoms with Crippen molar-refractivity contribution in [3.05, 3.63) is 29.6 Å². The first-order chi connectivity index (χ1) is 11.1. The molecule has 0 unspecified atom stereocenters. The van der Waals surface area contributed by atoms with Gasteiger partial charge in [-0.15, -0.1) is 5.10 Å². The van der Waals surface area contributed by atoms with Crippen molar-refractivity contribution in [2.75, 3.05) is 11.9 Å². The standard InChI is InChI=1S/C16H21N5O2/c1-11-9-16(20-19-12(11)2)23-10-15(22)18-14-7-8-17-21(14)13-5-3-4-6-13/h7-9,13H,3-6,10H2,1-2H3,(H,18,22). The summed E-state index contributed by atoms with van der Waals surface area (Å²) >= 11 is 0. The number of anilines is 1. The van der Waals surface area contributed by atoms with Gasteiger partial charge in [-0.2, -0.15) is 10.2 Å². The number of aromatic nitrogens is 4. The predicted molar refractivity (Wildman–Crippen MR) is 85.4 cm³/mol. The van der Waals surface area contributed by atoms with Crippen molar-refractivity contribution in [2.24, 2.45) is 0 Å². The number of nitrogens with one attached hydrogen (secondary N) is 1. The molecule has 7 nitrogen and oxygen atoms in total. The van der Waals surface area contributed by atoms with Crippen LogP contribution in [0.1, 0.15) is 43.0 Å². The van der Waals surface area contributed by atoms with Gasteiger partial charge in [0.25, 0.3) is 5.91 Å². The molecule has 2 aromatic heterocycles. The number of hydrogen-bond donors (Lipinski definition) is 1. The summed E-state index contributed by atoms with van der Waals surface area (Å²) in [6.45, 7) is 3.70. The number of hydrogen-bond acceptors (Lipinski definition) is 5. The van der Waals surface area contributed by atoms with Gasteiger partial charge in [0.1, 0.15) is 5.82 Å². The first-order valence-electron chi connectivity index (χ1n) is 7.90. The van der Waals surface area contributed by atoms with Crippen molar-refractivity contribution in [1.82, 2.24) is 20.0 Å². The molecule has 0 aliphatic heterocycles. The molecule has 1 aliphatic carbocycles. The Morgan fingerprint density at radius 1 is 1.35 bits per heavy atom. The molecule has 2 heterocycles. The third-order valence-electron chi connectivity index (χ3n) is 4.17. The van der Waals surface area contributed by atoms with Crippen molar-refractivity contribution < 1.29 is 9.53 Å². The van der Waals surface area contributed by atoms with Crippen molar-refractivity contribution >= 4 is 11.7 Å². The van der Waals surface area contributed by atoms with Crippen LogP contribution in [0.5, 0.6) is 5.88 Å². The van der Waals surface area contributed by atoms with Crippen LogP contribution in [0.3, 0.4) is 0 Å². The maximum Gasteiger partial charge on any atom is 0.263 e. The van der Waals surface area contributed by atoms with Crippen LogP contribution in [0.15, 0.2) is 18.3 Å². The minimum Gasteiger partial charge on any atom is -0.466 e. The number of carbonyl (C=O) groups is 1. The molecular weight excluding hydrogens is 294 g/mol. The minimum absolute atomic E-state index is 0.104. The molecule has 122 valence electrons. The summed E-state index contributed by atoms with van der Waals surface area (Å²) in [7, 11) is 0. The van der Waals surface area contributed by atoms with E-state index in [1.165, 1.54) is 12.8 Å². The Bertz CT molecular complexity index is 692. The Balaban J connectivity index is 1.57. The SMILES string of the molecule is Cc1cc(OCC(=O)Nc2ccnn2C2CCCC2)nnc1C. The number of rotatable bonds is 5. The monoisotopic (exact) mass is 315 g/mol. The van der Waals surface area contributed by atoms with E-state index in [0.29, 0.717) is 11.9 Å². The lowest BCUT2D eigenvalue weighted by Gasteiger charge is -2.14. The first-order valence-corrected chi connectivity index (χ1v) is 7.90. The zero-order valence-electron chi connectivity index (χ0n) is 13.5. The molecule has 0 spiro atoms. The van der Waals surface area contributed by atoms with Crippen LogP contribution in [0, 0.1) is 13.8 Å². The Kier molecular flexibility index (Phi) is 4.55. The largest absolute Gasteiger partial charge is 0.466 e. The van der Waals surface area contributed by atoms with Crippen LogP contribution in [0.25, 0.3) is 0 Å². The zero-order valence-corrected chi connectivity index (χ0v) is 13.5. The first kappa shape index (κ1) is 15.5. The highest BCUT2D eigenvalue weighted by Crippen LogP contribution is 2.31. The number of amides is 1. The number of nitrogens with zero attached hydrogens (tertiary/aromatic N) is 4. The summed E-state index contributed by atoms with van der Waals surface area (Å²) < 4.78 is 7.31. The molecule has 1 N–H and O–H groups in total. The molecule has 2 aromatic rings. The Morgan fingerprint density at radius 2 is 2.13 bits per heavy atom. The van der Waals surface area contributed by atoms with E-state index in [1.54, 1.807) is 12.3 Å². The average molecular weight is 315 g/mol. The van der Waals surface area contributed by atoms with Gasteiger partial charge in [-0.1, -0.05) is 12.8 Å². The molecular formula is C16H21N5O2. The summed E-state index contributed by atoms with van der Waals surface area (Å²) in [5.74, 6) is 0.842. The van der Waals surface area contributed by atoms with E-state index in [1.807, 2.05) is 24.6 Å². The molecule has 3 rings (SSSR count). The van der Waals surface area contributed by atoms with Crippen LogP contribution in [-0.4, -0.2) is 32.5 Å². The highest BCUT2D eigenvalue weighted by Gasteiger charge is 2.20. The Hall–Kier alpha value is -2.44. The fourth-order valence-electron chi connectivity index (χ4n) is 2.76. The van der Waals surface area contributed by atoms with E-state index in [4.69, 9.17) is 4.74 Å². The summed E-state index contributed by atoms with van der Waals surface area (Å²) in [6, 6.07) is 3.97. The molecule has 1 aliphatic rings. The zero-order chi connectivity index (χ0) is 16.2. The second kappa shape index (κ2) is 6.76. The summed E-state index contributed by atoms with van der Waals surface area (Å²) in [5, 5.41) is 15.1. The third-order valence-corrected chi connectivity index (χ3v) is 4.17. The van der Waals surface area contributed by atoms with Gasteiger partial charge in [0, 0.05) is 12.1 Å². The normalized spacial score (nSPS) is 14.9. The van der Waals surface area contributed by atoms with Crippen LogP contribution in [0.2, 0.25) is 0 Å². The van der Waals surface area contributed by atoms with Crippen molar-refractivity contribution in [2.45, 2.75) is 45.6 Å². The van der Waals surface area contributed by atoms with Gasteiger partial charge < -0.3 is 10.1 Å². The highest BCUT2D eigenvalue weighted by atomic mass is 16.5. The summed E-state index contributed by atoms with van der Waals surface area (Å²) in [6.07, 6.45) is 6.36. The van der Waals surface area contributed by atoms with Gasteiger partial charge >= 0.3 is 0 Å². The van der Waals surface area contributed by atoms with E-state index in [0.717, 1.165) is 29.9 Å². The molecule has 1 saturated carbocycles. The van der Waals surface area contributed by atoms with Crippen LogP contribution in [-0.2, 0) is 4.79 Å². The lowest BCUT2D eigenvalue weighted by molar-refractivity contribution is -0.118. The maximum atomic E-state index is 12.1. The van der Waals surface area contributed by atoms with Crippen molar-refractivity contribution in [3.63, 3.8) is 0 Å². The van der Waals surface area contributed by atoms with Gasteiger partial charge in [-0.3, -0.25) is 4.79 Å². The van der Waals surface area contributed by atoms with Crippen molar-refractivity contribution in [3.8, 4) is 5.88 Å². The molecule has 0 atom stereocenters. The molecule has 7 heteroatoms. The number of ether oxygens (including phenoxy) is 1. The van der Waals surface area contributed by atoms with Gasteiger partial charge in [-0.25, -0.2) is 4.68 Å². The molecule has 0 aromatic carbocycles. The molecule has 0 radical (unpaired) electrons.